The van der Waals surface area contributed by atoms with Crippen LogP contribution in [0.2, 0.25) is 0 Å². The van der Waals surface area contributed by atoms with E-state index in [4.69, 9.17) is 9.05 Å². The van der Waals surface area contributed by atoms with E-state index in [0.29, 0.717) is 17.9 Å². The normalized spacial score (nSPS) is 15.8. The molecular formula is C16H15O4P. The minimum absolute atomic E-state index is 0.302. The van der Waals surface area contributed by atoms with Gasteiger partial charge in [0.25, 0.3) is 0 Å². The number of hydrogen-bond acceptors (Lipinski definition) is 3. The first-order valence-electron chi connectivity index (χ1n) is 6.60. The number of para-hydroxylation sites is 1. The van der Waals surface area contributed by atoms with Crippen molar-refractivity contribution in [3.8, 4) is 5.75 Å². The van der Waals surface area contributed by atoms with Gasteiger partial charge in [-0.1, -0.05) is 36.4 Å². The topological polar surface area (TPSA) is 55.8 Å². The van der Waals surface area contributed by atoms with Crippen LogP contribution in [0.15, 0.2) is 54.3 Å². The SMILES string of the molecule is Cc1cccc2c1C=C(OP(=O)(O)Oc1ccccc1)C2. The molecule has 0 aromatic heterocycles. The molecule has 4 nitrogen and oxygen atoms in total. The molecular weight excluding hydrogens is 287 g/mol. The third-order valence-corrected chi connectivity index (χ3v) is 4.19. The van der Waals surface area contributed by atoms with Crippen molar-refractivity contribution in [3.05, 3.63) is 71.0 Å². The molecule has 0 fully saturated rings. The molecule has 108 valence electrons. The van der Waals surface area contributed by atoms with Gasteiger partial charge in [0, 0.05) is 6.42 Å². The summed E-state index contributed by atoms with van der Waals surface area (Å²) in [5.74, 6) is 0.747. The Kier molecular flexibility index (Phi) is 3.58. The highest BCUT2D eigenvalue weighted by atomic mass is 31.2. The zero-order valence-electron chi connectivity index (χ0n) is 11.5. The number of allylic oxidation sites excluding steroid dienone is 1. The largest absolute Gasteiger partial charge is 0.584 e. The summed E-state index contributed by atoms with van der Waals surface area (Å²) in [5, 5.41) is 0. The fourth-order valence-electron chi connectivity index (χ4n) is 2.34. The van der Waals surface area contributed by atoms with Crippen molar-refractivity contribution < 1.29 is 18.5 Å². The Hall–Kier alpha value is -2.03. The van der Waals surface area contributed by atoms with Crippen LogP contribution in [0.1, 0.15) is 16.7 Å². The van der Waals surface area contributed by atoms with Crippen molar-refractivity contribution >= 4 is 13.9 Å². The van der Waals surface area contributed by atoms with E-state index in [1.54, 1.807) is 36.4 Å². The van der Waals surface area contributed by atoms with Gasteiger partial charge >= 0.3 is 7.82 Å². The third-order valence-electron chi connectivity index (χ3n) is 3.28. The van der Waals surface area contributed by atoms with E-state index >= 15 is 0 Å². The van der Waals surface area contributed by atoms with Gasteiger partial charge in [0.1, 0.15) is 11.5 Å². The second-order valence-corrected chi connectivity index (χ2v) is 6.20. The molecule has 1 aliphatic carbocycles. The van der Waals surface area contributed by atoms with Crippen LogP contribution in [-0.2, 0) is 15.5 Å². The molecule has 0 aliphatic heterocycles. The lowest BCUT2D eigenvalue weighted by Crippen LogP contribution is -1.97. The zero-order valence-corrected chi connectivity index (χ0v) is 12.4. The molecule has 0 heterocycles. The second-order valence-electron chi connectivity index (χ2n) is 4.90. The van der Waals surface area contributed by atoms with E-state index < -0.39 is 7.82 Å². The minimum atomic E-state index is -4.18. The molecule has 1 unspecified atom stereocenters. The Balaban J connectivity index is 1.74. The van der Waals surface area contributed by atoms with Gasteiger partial charge in [0.15, 0.2) is 0 Å². The van der Waals surface area contributed by atoms with Crippen molar-refractivity contribution in [1.82, 2.24) is 0 Å². The van der Waals surface area contributed by atoms with E-state index in [1.165, 1.54) is 0 Å². The quantitative estimate of drug-likeness (QED) is 0.864. The molecule has 5 heteroatoms. The molecule has 0 saturated heterocycles. The number of rotatable bonds is 4. The molecule has 0 spiro atoms. The maximum atomic E-state index is 12.0. The average molecular weight is 302 g/mol. The van der Waals surface area contributed by atoms with E-state index in [2.05, 4.69) is 0 Å². The fourth-order valence-corrected chi connectivity index (χ4v) is 3.18. The van der Waals surface area contributed by atoms with E-state index in [1.807, 2.05) is 25.1 Å². The van der Waals surface area contributed by atoms with Crippen LogP contribution in [0.5, 0.6) is 5.75 Å². The molecule has 21 heavy (non-hydrogen) atoms. The molecule has 2 aromatic carbocycles. The summed E-state index contributed by atoms with van der Waals surface area (Å²) in [7, 11) is -4.18. The number of fused-ring (bicyclic) bond motifs is 1. The van der Waals surface area contributed by atoms with Gasteiger partial charge in [-0.25, -0.2) is 4.57 Å². The first kappa shape index (κ1) is 13.9. The molecule has 0 saturated carbocycles. The van der Waals surface area contributed by atoms with Crippen LogP contribution in [0.3, 0.4) is 0 Å². The maximum absolute atomic E-state index is 12.0. The van der Waals surface area contributed by atoms with Crippen LogP contribution < -0.4 is 4.52 Å². The lowest BCUT2D eigenvalue weighted by atomic mass is 10.1. The third kappa shape index (κ3) is 3.18. The monoisotopic (exact) mass is 302 g/mol. The lowest BCUT2D eigenvalue weighted by Gasteiger charge is -2.14. The minimum Gasteiger partial charge on any atom is -0.399 e. The Bertz CT molecular complexity index is 737. The van der Waals surface area contributed by atoms with Gasteiger partial charge in [0.05, 0.1) is 0 Å². The first-order valence-corrected chi connectivity index (χ1v) is 8.09. The standard InChI is InChI=1S/C16H15O4P/c1-12-6-5-7-13-10-15(11-16(12)13)20-21(17,18)19-14-8-3-2-4-9-14/h2-9,11H,10H2,1H3,(H,17,18). The van der Waals surface area contributed by atoms with E-state index in [0.717, 1.165) is 16.7 Å². The van der Waals surface area contributed by atoms with Crippen LogP contribution in [-0.4, -0.2) is 4.89 Å². The van der Waals surface area contributed by atoms with E-state index in [9.17, 15) is 9.46 Å². The van der Waals surface area contributed by atoms with Crippen LogP contribution in [0.4, 0.5) is 0 Å². The predicted molar refractivity (Wildman–Crippen MR) is 80.8 cm³/mol. The van der Waals surface area contributed by atoms with Crippen molar-refractivity contribution in [2.75, 3.05) is 0 Å². The molecule has 0 amide bonds. The number of aryl methyl sites for hydroxylation is 1. The highest BCUT2D eigenvalue weighted by molar-refractivity contribution is 7.48. The number of benzene rings is 2. The summed E-state index contributed by atoms with van der Waals surface area (Å²) >= 11 is 0. The summed E-state index contributed by atoms with van der Waals surface area (Å²) in [5.41, 5.74) is 3.25. The number of hydrogen-bond donors (Lipinski definition) is 1. The predicted octanol–water partition coefficient (Wildman–Crippen LogP) is 4.09. The van der Waals surface area contributed by atoms with Crippen molar-refractivity contribution in [1.29, 1.82) is 0 Å². The highest BCUT2D eigenvalue weighted by Crippen LogP contribution is 2.47. The van der Waals surface area contributed by atoms with Gasteiger partial charge in [-0.05, 0) is 41.8 Å². The second kappa shape index (κ2) is 5.40. The molecule has 1 aliphatic rings. The van der Waals surface area contributed by atoms with Crippen molar-refractivity contribution in [2.45, 2.75) is 13.3 Å². The van der Waals surface area contributed by atoms with E-state index in [-0.39, 0.29) is 0 Å². The summed E-state index contributed by atoms with van der Waals surface area (Å²) in [6.45, 7) is 2.00. The van der Waals surface area contributed by atoms with Crippen molar-refractivity contribution in [3.63, 3.8) is 0 Å². The first-order chi connectivity index (χ1) is 10.0. The van der Waals surface area contributed by atoms with Gasteiger partial charge in [-0.2, -0.15) is 0 Å². The molecule has 1 N–H and O–H groups in total. The number of phosphoric ester groups is 1. The molecule has 0 bridgehead atoms. The Labute approximate surface area is 123 Å². The smallest absolute Gasteiger partial charge is 0.399 e. The number of phosphoric acid groups is 1. The maximum Gasteiger partial charge on any atom is 0.584 e. The molecule has 0 radical (unpaired) electrons. The summed E-state index contributed by atoms with van der Waals surface area (Å²) in [6.07, 6.45) is 2.29. The lowest BCUT2D eigenvalue weighted by molar-refractivity contribution is 0.249. The zero-order chi connectivity index (χ0) is 14.9. The van der Waals surface area contributed by atoms with Crippen LogP contribution in [0, 0.1) is 6.92 Å². The summed E-state index contributed by atoms with van der Waals surface area (Å²) < 4.78 is 22.3. The average Bonchev–Trinajstić information content (AvgIpc) is 2.82. The summed E-state index contributed by atoms with van der Waals surface area (Å²) in [6, 6.07) is 14.4. The summed E-state index contributed by atoms with van der Waals surface area (Å²) in [4.78, 5) is 9.85. The van der Waals surface area contributed by atoms with Gasteiger partial charge in [-0.15, -0.1) is 0 Å². The highest BCUT2D eigenvalue weighted by Gasteiger charge is 2.28. The van der Waals surface area contributed by atoms with Crippen molar-refractivity contribution in [2.24, 2.45) is 0 Å². The Morgan fingerprint density at radius 3 is 2.52 bits per heavy atom. The molecule has 1 atom stereocenters. The van der Waals surface area contributed by atoms with Gasteiger partial charge < -0.3 is 9.05 Å². The van der Waals surface area contributed by atoms with Crippen LogP contribution in [0.25, 0.3) is 6.08 Å². The van der Waals surface area contributed by atoms with Crippen LogP contribution >= 0.6 is 7.82 Å². The van der Waals surface area contributed by atoms with Gasteiger partial charge in [-0.3, -0.25) is 4.89 Å². The fraction of sp³-hybridized carbons (Fsp3) is 0.125. The van der Waals surface area contributed by atoms with Gasteiger partial charge in [0.2, 0.25) is 0 Å². The molecule has 3 rings (SSSR count). The Morgan fingerprint density at radius 1 is 1.05 bits per heavy atom. The Morgan fingerprint density at radius 2 is 1.81 bits per heavy atom. The molecule has 2 aromatic rings.